The Morgan fingerprint density at radius 3 is 1.38 bits per heavy atom. The molecule has 0 aromatic heterocycles. The molecule has 3 aromatic rings. The Balaban J connectivity index is 1.61. The first-order valence-corrected chi connectivity index (χ1v) is 17.7. The topological polar surface area (TPSA) is 127 Å². The van der Waals surface area contributed by atoms with E-state index in [0.717, 1.165) is 53.0 Å². The molecule has 0 spiro atoms. The molecule has 10 nitrogen and oxygen atoms in total. The quantitative estimate of drug-likeness (QED) is 0.0731. The van der Waals surface area contributed by atoms with E-state index in [0.29, 0.717) is 18.5 Å². The average molecular weight is 714 g/mol. The summed E-state index contributed by atoms with van der Waals surface area (Å²) in [6.07, 6.45) is 8.20. The molecule has 1 saturated carbocycles. The molecule has 1 aliphatic rings. The van der Waals surface area contributed by atoms with E-state index in [1.807, 2.05) is 78.9 Å². The number of benzene rings is 3. The van der Waals surface area contributed by atoms with Gasteiger partial charge in [-0.2, -0.15) is 10.5 Å². The van der Waals surface area contributed by atoms with Crippen LogP contribution in [-0.4, -0.2) is 70.7 Å². The number of nitrogens with zero attached hydrogens (tertiary/aromatic N) is 5. The van der Waals surface area contributed by atoms with E-state index in [-0.39, 0.29) is 41.8 Å². The van der Waals surface area contributed by atoms with Gasteiger partial charge in [-0.1, -0.05) is 36.4 Å². The first-order valence-electron chi connectivity index (χ1n) is 17.7. The van der Waals surface area contributed by atoms with Crippen LogP contribution in [0.15, 0.2) is 89.5 Å². The van der Waals surface area contributed by atoms with Gasteiger partial charge in [-0.05, 0) is 111 Å². The molecule has 0 radical (unpaired) electrons. The smallest absolute Gasteiger partial charge is 0.348 e. The molecule has 3 unspecified atom stereocenters. The van der Waals surface area contributed by atoms with Crippen LogP contribution in [0.4, 0.5) is 17.1 Å². The number of rotatable bonds is 14. The van der Waals surface area contributed by atoms with Gasteiger partial charge in [-0.15, -0.1) is 0 Å². The van der Waals surface area contributed by atoms with Crippen molar-refractivity contribution in [2.75, 3.05) is 49.1 Å². The maximum atomic E-state index is 12.2. The summed E-state index contributed by atoms with van der Waals surface area (Å²) < 4.78 is 10.1. The van der Waals surface area contributed by atoms with E-state index in [1.54, 1.807) is 32.9 Å². The summed E-state index contributed by atoms with van der Waals surface area (Å²) >= 11 is 0. The monoisotopic (exact) mass is 713 g/mol. The minimum absolute atomic E-state index is 0.0477. The third-order valence-electron chi connectivity index (χ3n) is 9.66. The van der Waals surface area contributed by atoms with Crippen molar-refractivity contribution in [2.45, 2.75) is 58.2 Å². The Hall–Kier alpha value is -6.13. The minimum atomic E-state index is -0.638. The summed E-state index contributed by atoms with van der Waals surface area (Å²) in [4.78, 5) is 42.4. The Kier molecular flexibility index (Phi) is 14.2. The van der Waals surface area contributed by atoms with Crippen molar-refractivity contribution in [1.29, 1.82) is 10.5 Å². The molecule has 3 aromatic carbocycles. The zero-order valence-electron chi connectivity index (χ0n) is 31.3. The highest BCUT2D eigenvalue weighted by Gasteiger charge is 2.35. The molecule has 274 valence electrons. The molecule has 0 N–H and O–H groups in total. The van der Waals surface area contributed by atoms with Crippen LogP contribution >= 0.6 is 0 Å². The SMILES string of the molecule is CCOC(=O)/C(C)=C/c1ccc(N(C)C2CC(N(C)c3ccc(/C=C(\C#N)C=O)cc3)CC(N(C)c3ccc(/C=C(\C#N)C(=O)OCC)cc3)C2)cc1. The van der Waals surface area contributed by atoms with E-state index in [1.165, 1.54) is 0 Å². The second-order valence-corrected chi connectivity index (χ2v) is 13.0. The second-order valence-electron chi connectivity index (χ2n) is 13.0. The summed E-state index contributed by atoms with van der Waals surface area (Å²) in [7, 11) is 6.32. The van der Waals surface area contributed by atoms with Crippen LogP contribution in [0.3, 0.4) is 0 Å². The highest BCUT2D eigenvalue weighted by molar-refractivity contribution is 5.98. The third-order valence-corrected chi connectivity index (χ3v) is 9.66. The van der Waals surface area contributed by atoms with E-state index in [4.69, 9.17) is 9.47 Å². The molecular formula is C43H47N5O5. The first kappa shape index (κ1) is 39.7. The van der Waals surface area contributed by atoms with Crippen molar-refractivity contribution in [3.05, 3.63) is 106 Å². The number of hydrogen-bond acceptors (Lipinski definition) is 10. The molecule has 10 heteroatoms. The zero-order valence-corrected chi connectivity index (χ0v) is 31.3. The summed E-state index contributed by atoms with van der Waals surface area (Å²) in [5.74, 6) is -0.962. The molecule has 53 heavy (non-hydrogen) atoms. The Bertz CT molecular complexity index is 1920. The van der Waals surface area contributed by atoms with Gasteiger partial charge in [0, 0.05) is 61.9 Å². The predicted molar refractivity (Wildman–Crippen MR) is 210 cm³/mol. The van der Waals surface area contributed by atoms with Crippen LogP contribution in [0.5, 0.6) is 0 Å². The summed E-state index contributed by atoms with van der Waals surface area (Å²) in [5.41, 5.74) is 6.11. The number of esters is 2. The number of anilines is 3. The van der Waals surface area contributed by atoms with Gasteiger partial charge in [0.25, 0.3) is 0 Å². The van der Waals surface area contributed by atoms with Gasteiger partial charge in [0.15, 0.2) is 6.29 Å². The number of aldehydes is 1. The maximum Gasteiger partial charge on any atom is 0.348 e. The second kappa shape index (κ2) is 18.9. The van der Waals surface area contributed by atoms with E-state index < -0.39 is 5.97 Å². The zero-order chi connectivity index (χ0) is 38.5. The fraction of sp³-hybridized carbons (Fsp3) is 0.326. The fourth-order valence-corrected chi connectivity index (χ4v) is 6.57. The van der Waals surface area contributed by atoms with Crippen LogP contribution in [0.2, 0.25) is 0 Å². The fourth-order valence-electron chi connectivity index (χ4n) is 6.57. The van der Waals surface area contributed by atoms with Crippen LogP contribution in [0, 0.1) is 22.7 Å². The van der Waals surface area contributed by atoms with E-state index >= 15 is 0 Å². The normalized spacial score (nSPS) is 17.5. The lowest BCUT2D eigenvalue weighted by molar-refractivity contribution is -0.139. The van der Waals surface area contributed by atoms with Gasteiger partial charge in [0.05, 0.1) is 18.8 Å². The van der Waals surface area contributed by atoms with Gasteiger partial charge in [0.1, 0.15) is 17.7 Å². The van der Waals surface area contributed by atoms with Crippen molar-refractivity contribution >= 4 is 53.5 Å². The molecular weight excluding hydrogens is 667 g/mol. The molecule has 0 aliphatic heterocycles. The molecule has 0 saturated heterocycles. The number of hydrogen-bond donors (Lipinski definition) is 0. The standard InChI is InChI=1S/C43H47N5O5/c1-7-52-42(50)30(3)21-31-9-15-36(16-10-31)46(4)39-24-40(47(5)37-17-11-32(12-18-37)22-34(27-44)29-49)26-41(25-39)48(6)38-19-13-33(14-20-38)23-35(28-45)43(51)53-8-2/h9-23,29,39-41H,7-8,24-26H2,1-6H3/b30-21+,34-22+,35-23+. The van der Waals surface area contributed by atoms with Gasteiger partial charge in [0.2, 0.25) is 0 Å². The van der Waals surface area contributed by atoms with Crippen molar-refractivity contribution in [1.82, 2.24) is 0 Å². The number of ether oxygens (including phenoxy) is 2. The van der Waals surface area contributed by atoms with Crippen LogP contribution in [0.1, 0.15) is 56.7 Å². The Morgan fingerprint density at radius 2 is 1.02 bits per heavy atom. The number of carbonyl (C=O) groups is 3. The Labute approximate surface area is 312 Å². The highest BCUT2D eigenvalue weighted by Crippen LogP contribution is 2.35. The highest BCUT2D eigenvalue weighted by atomic mass is 16.5. The van der Waals surface area contributed by atoms with Crippen LogP contribution < -0.4 is 14.7 Å². The summed E-state index contributed by atoms with van der Waals surface area (Å²) in [6, 6.07) is 28.2. The van der Waals surface area contributed by atoms with Gasteiger partial charge >= 0.3 is 11.9 Å². The lowest BCUT2D eigenvalue weighted by Crippen LogP contribution is -2.52. The Morgan fingerprint density at radius 1 is 0.642 bits per heavy atom. The van der Waals surface area contributed by atoms with Gasteiger partial charge < -0.3 is 24.2 Å². The molecule has 0 bridgehead atoms. The largest absolute Gasteiger partial charge is 0.463 e. The average Bonchev–Trinajstić information content (AvgIpc) is 3.18. The lowest BCUT2D eigenvalue weighted by Gasteiger charge is -2.47. The molecule has 1 aliphatic carbocycles. The molecule has 3 atom stereocenters. The van der Waals surface area contributed by atoms with Crippen LogP contribution in [-0.2, 0) is 23.9 Å². The summed E-state index contributed by atoms with van der Waals surface area (Å²) in [6.45, 7) is 5.78. The molecule has 0 amide bonds. The molecule has 0 heterocycles. The van der Waals surface area contributed by atoms with Crippen molar-refractivity contribution in [3.63, 3.8) is 0 Å². The molecule has 1 fully saturated rings. The number of allylic oxidation sites excluding steroid dienone is 1. The van der Waals surface area contributed by atoms with Crippen molar-refractivity contribution < 1.29 is 23.9 Å². The summed E-state index contributed by atoms with van der Waals surface area (Å²) in [5, 5.41) is 18.6. The van der Waals surface area contributed by atoms with E-state index in [2.05, 4.69) is 48.0 Å². The van der Waals surface area contributed by atoms with Gasteiger partial charge in [-0.3, -0.25) is 4.79 Å². The van der Waals surface area contributed by atoms with Gasteiger partial charge in [-0.25, -0.2) is 9.59 Å². The third kappa shape index (κ3) is 10.5. The first-order chi connectivity index (χ1) is 25.5. The number of carbonyl (C=O) groups excluding carboxylic acids is 3. The van der Waals surface area contributed by atoms with Crippen molar-refractivity contribution in [3.8, 4) is 12.1 Å². The lowest BCUT2D eigenvalue weighted by atomic mass is 9.84. The van der Waals surface area contributed by atoms with Crippen LogP contribution in [0.25, 0.3) is 18.2 Å². The minimum Gasteiger partial charge on any atom is -0.463 e. The maximum absolute atomic E-state index is 12.2. The van der Waals surface area contributed by atoms with Crippen molar-refractivity contribution in [2.24, 2.45) is 0 Å². The predicted octanol–water partition coefficient (Wildman–Crippen LogP) is 7.23. The molecule has 4 rings (SSSR count). The number of nitriles is 2. The van der Waals surface area contributed by atoms with E-state index in [9.17, 15) is 24.9 Å².